The Labute approximate surface area is 125 Å². The van der Waals surface area contributed by atoms with E-state index in [1.807, 2.05) is 0 Å². The zero-order valence-corrected chi connectivity index (χ0v) is 12.0. The first-order chi connectivity index (χ1) is 9.74. The molecule has 1 atom stereocenters. The highest BCUT2D eigenvalue weighted by molar-refractivity contribution is 6.32. The van der Waals surface area contributed by atoms with E-state index in [1.54, 1.807) is 6.92 Å². The lowest BCUT2D eigenvalue weighted by atomic mass is 10.1. The van der Waals surface area contributed by atoms with Crippen molar-refractivity contribution in [3.05, 3.63) is 40.4 Å². The van der Waals surface area contributed by atoms with Crippen LogP contribution < -0.4 is 5.32 Å². The van der Waals surface area contributed by atoms with Crippen molar-refractivity contribution in [2.75, 3.05) is 6.61 Å². The number of aliphatic hydroxyl groups excluding tert-OH is 1. The van der Waals surface area contributed by atoms with E-state index in [1.165, 1.54) is 6.08 Å². The first-order valence-corrected chi connectivity index (χ1v) is 6.58. The quantitative estimate of drug-likeness (QED) is 0.818. The van der Waals surface area contributed by atoms with Crippen molar-refractivity contribution in [3.8, 4) is 0 Å². The van der Waals surface area contributed by atoms with Crippen molar-refractivity contribution in [2.24, 2.45) is 0 Å². The van der Waals surface area contributed by atoms with Gasteiger partial charge in [0, 0.05) is 23.7 Å². The van der Waals surface area contributed by atoms with E-state index in [-0.39, 0.29) is 23.2 Å². The molecule has 0 radical (unpaired) electrons. The molecule has 0 aliphatic carbocycles. The number of benzene rings is 1. The summed E-state index contributed by atoms with van der Waals surface area (Å²) in [6.45, 7) is 1.64. The van der Waals surface area contributed by atoms with Gasteiger partial charge >= 0.3 is 6.18 Å². The van der Waals surface area contributed by atoms with Gasteiger partial charge in [-0.2, -0.15) is 13.2 Å². The van der Waals surface area contributed by atoms with Crippen LogP contribution in [0.25, 0.3) is 6.08 Å². The predicted octanol–water partition coefficient (Wildman–Crippen LogP) is 3.26. The Morgan fingerprint density at radius 2 is 2.14 bits per heavy atom. The van der Waals surface area contributed by atoms with Gasteiger partial charge in [-0.1, -0.05) is 11.6 Å². The second kappa shape index (κ2) is 7.47. The number of carbonyl (C=O) groups excluding carboxylic acids is 1. The topological polar surface area (TPSA) is 49.3 Å². The Kier molecular flexibility index (Phi) is 6.23. The van der Waals surface area contributed by atoms with Gasteiger partial charge in [0.2, 0.25) is 5.91 Å². The first kappa shape index (κ1) is 17.5. The van der Waals surface area contributed by atoms with Crippen LogP contribution in [0.5, 0.6) is 0 Å². The molecule has 2 N–H and O–H groups in total. The van der Waals surface area contributed by atoms with Crippen LogP contribution in [0, 0.1) is 0 Å². The van der Waals surface area contributed by atoms with Gasteiger partial charge < -0.3 is 10.4 Å². The molecular formula is C14H15ClF3NO2. The standard InChI is InChI=1S/C14H15ClF3NO2/c1-9(6-7-20)19-13(21)5-2-10-8-11(14(16,17)18)3-4-12(10)15/h2-5,8-9,20H,6-7H2,1H3,(H,19,21)/b5-2+/t9-/m1/s1. The van der Waals surface area contributed by atoms with Crippen LogP contribution in [0.4, 0.5) is 13.2 Å². The number of hydrogen-bond donors (Lipinski definition) is 2. The molecule has 21 heavy (non-hydrogen) atoms. The lowest BCUT2D eigenvalue weighted by Gasteiger charge is -2.10. The molecule has 116 valence electrons. The van der Waals surface area contributed by atoms with E-state index in [0.29, 0.717) is 6.42 Å². The maximum atomic E-state index is 12.6. The SMILES string of the molecule is C[C@H](CCO)NC(=O)/C=C/c1cc(C(F)(F)F)ccc1Cl. The lowest BCUT2D eigenvalue weighted by molar-refractivity contribution is -0.137. The molecule has 0 aliphatic heterocycles. The Morgan fingerprint density at radius 1 is 1.48 bits per heavy atom. The van der Waals surface area contributed by atoms with Gasteiger partial charge in [-0.25, -0.2) is 0 Å². The van der Waals surface area contributed by atoms with Crippen LogP contribution in [-0.2, 0) is 11.0 Å². The molecule has 1 rings (SSSR count). The molecule has 0 aliphatic rings. The van der Waals surface area contributed by atoms with Gasteiger partial charge in [0.05, 0.1) is 5.56 Å². The molecule has 0 fully saturated rings. The van der Waals surface area contributed by atoms with Crippen molar-refractivity contribution in [2.45, 2.75) is 25.6 Å². The summed E-state index contributed by atoms with van der Waals surface area (Å²) >= 11 is 5.80. The summed E-state index contributed by atoms with van der Waals surface area (Å²) in [5.41, 5.74) is -0.725. The van der Waals surface area contributed by atoms with Gasteiger partial charge in [0.1, 0.15) is 0 Å². The van der Waals surface area contributed by atoms with Crippen LogP contribution in [-0.4, -0.2) is 23.7 Å². The zero-order valence-electron chi connectivity index (χ0n) is 11.2. The van der Waals surface area contributed by atoms with Crippen LogP contribution >= 0.6 is 11.6 Å². The Hall–Kier alpha value is -1.53. The van der Waals surface area contributed by atoms with Crippen LogP contribution in [0.1, 0.15) is 24.5 Å². The van der Waals surface area contributed by atoms with E-state index in [9.17, 15) is 18.0 Å². The van der Waals surface area contributed by atoms with Crippen LogP contribution in [0.2, 0.25) is 5.02 Å². The maximum Gasteiger partial charge on any atom is 0.416 e. The average Bonchev–Trinajstić information content (AvgIpc) is 2.36. The van der Waals surface area contributed by atoms with Crippen molar-refractivity contribution in [1.29, 1.82) is 0 Å². The molecule has 3 nitrogen and oxygen atoms in total. The van der Waals surface area contributed by atoms with E-state index < -0.39 is 17.6 Å². The number of nitrogens with one attached hydrogen (secondary N) is 1. The van der Waals surface area contributed by atoms with Crippen LogP contribution in [0.3, 0.4) is 0 Å². The van der Waals surface area contributed by atoms with E-state index in [0.717, 1.165) is 24.3 Å². The summed E-state index contributed by atoms with van der Waals surface area (Å²) in [4.78, 5) is 11.5. The zero-order chi connectivity index (χ0) is 16.0. The van der Waals surface area contributed by atoms with Crippen molar-refractivity contribution in [3.63, 3.8) is 0 Å². The van der Waals surface area contributed by atoms with Gasteiger partial charge in [-0.05, 0) is 43.2 Å². The van der Waals surface area contributed by atoms with Gasteiger partial charge in [0.25, 0.3) is 0 Å². The molecule has 0 spiro atoms. The molecule has 1 aromatic rings. The summed E-state index contributed by atoms with van der Waals surface area (Å²) < 4.78 is 37.8. The number of alkyl halides is 3. The second-order valence-corrected chi connectivity index (χ2v) is 4.90. The van der Waals surface area contributed by atoms with E-state index in [2.05, 4.69) is 5.32 Å². The van der Waals surface area contributed by atoms with Gasteiger partial charge in [0.15, 0.2) is 0 Å². The number of hydrogen-bond acceptors (Lipinski definition) is 2. The Bertz CT molecular complexity index is 529. The molecule has 0 unspecified atom stereocenters. The van der Waals surface area contributed by atoms with Crippen molar-refractivity contribution >= 4 is 23.6 Å². The fourth-order valence-corrected chi connectivity index (χ4v) is 1.75. The number of aliphatic hydroxyl groups is 1. The summed E-state index contributed by atoms with van der Waals surface area (Å²) in [5, 5.41) is 11.4. The Morgan fingerprint density at radius 3 is 2.71 bits per heavy atom. The minimum atomic E-state index is -4.47. The largest absolute Gasteiger partial charge is 0.416 e. The predicted molar refractivity (Wildman–Crippen MR) is 74.8 cm³/mol. The van der Waals surface area contributed by atoms with E-state index in [4.69, 9.17) is 16.7 Å². The second-order valence-electron chi connectivity index (χ2n) is 4.49. The third-order valence-corrected chi connectivity index (χ3v) is 3.03. The minimum absolute atomic E-state index is 0.0649. The summed E-state index contributed by atoms with van der Waals surface area (Å²) in [6, 6.07) is 2.66. The van der Waals surface area contributed by atoms with Gasteiger partial charge in [-0.15, -0.1) is 0 Å². The van der Waals surface area contributed by atoms with Crippen molar-refractivity contribution < 1.29 is 23.1 Å². The smallest absolute Gasteiger partial charge is 0.396 e. The van der Waals surface area contributed by atoms with Crippen LogP contribution in [0.15, 0.2) is 24.3 Å². The minimum Gasteiger partial charge on any atom is -0.396 e. The highest BCUT2D eigenvalue weighted by Gasteiger charge is 2.30. The summed E-state index contributed by atoms with van der Waals surface area (Å²) in [7, 11) is 0. The molecule has 1 aromatic carbocycles. The lowest BCUT2D eigenvalue weighted by Crippen LogP contribution is -2.31. The molecule has 1 amide bonds. The number of rotatable bonds is 5. The van der Waals surface area contributed by atoms with Gasteiger partial charge in [-0.3, -0.25) is 4.79 Å². The summed E-state index contributed by atoms with van der Waals surface area (Å²) in [6.07, 6.45) is -1.75. The molecule has 0 heterocycles. The third kappa shape index (κ3) is 5.77. The fraction of sp³-hybridized carbons (Fsp3) is 0.357. The molecular weight excluding hydrogens is 307 g/mol. The first-order valence-electron chi connectivity index (χ1n) is 6.20. The fourth-order valence-electron chi connectivity index (χ4n) is 1.57. The number of amides is 1. The molecule has 7 heteroatoms. The number of carbonyl (C=O) groups is 1. The highest BCUT2D eigenvalue weighted by atomic mass is 35.5. The normalized spacial score (nSPS) is 13.4. The molecule has 0 saturated carbocycles. The highest BCUT2D eigenvalue weighted by Crippen LogP contribution is 2.32. The third-order valence-electron chi connectivity index (χ3n) is 2.69. The maximum absolute atomic E-state index is 12.6. The van der Waals surface area contributed by atoms with Crippen molar-refractivity contribution in [1.82, 2.24) is 5.32 Å². The summed E-state index contributed by atoms with van der Waals surface area (Å²) in [5.74, 6) is -0.468. The Balaban J connectivity index is 2.82. The molecule has 0 saturated heterocycles. The monoisotopic (exact) mass is 321 g/mol. The molecule has 0 aromatic heterocycles. The molecule has 0 bridgehead atoms. The van der Waals surface area contributed by atoms with E-state index >= 15 is 0 Å². The average molecular weight is 322 g/mol. The number of halogens is 4.